The molecule has 0 N–H and O–H groups in total. The molecule has 0 spiro atoms. The van der Waals surface area contributed by atoms with Gasteiger partial charge in [0.05, 0.1) is 11.7 Å². The molecule has 0 amide bonds. The van der Waals surface area contributed by atoms with Gasteiger partial charge in [0.1, 0.15) is 5.82 Å². The summed E-state index contributed by atoms with van der Waals surface area (Å²) in [6.07, 6.45) is -1.28. The molecule has 1 atom stereocenters. The molecule has 23 heavy (non-hydrogen) atoms. The average Bonchev–Trinajstić information content (AvgIpc) is 3.00. The number of hydrogen-bond acceptors (Lipinski definition) is 3. The van der Waals surface area contributed by atoms with Gasteiger partial charge in [-0.25, -0.2) is 4.98 Å². The highest BCUT2D eigenvalue weighted by atomic mass is 79.9. The van der Waals surface area contributed by atoms with E-state index in [1.165, 1.54) is 10.9 Å². The molecule has 124 valence electrons. The number of pyridine rings is 1. The summed E-state index contributed by atoms with van der Waals surface area (Å²) in [6, 6.07) is 4.81. The smallest absolute Gasteiger partial charge is 0.354 e. The van der Waals surface area contributed by atoms with Crippen molar-refractivity contribution in [2.24, 2.45) is 0 Å². The number of nitrogens with zero attached hydrogens (tertiary/aromatic N) is 4. The SMILES string of the molecule is Cc1nc(N2CCCC(n3ccc(C(F)(F)F)n3)C2)ccc1Br. The predicted octanol–water partition coefficient (Wildman–Crippen LogP) is 4.21. The minimum atomic E-state index is -4.40. The lowest BCUT2D eigenvalue weighted by Crippen LogP contribution is -2.37. The normalized spacial score (nSPS) is 19.2. The van der Waals surface area contributed by atoms with Gasteiger partial charge in [0.2, 0.25) is 0 Å². The molecule has 1 aliphatic rings. The molecular weight excluding hydrogens is 373 g/mol. The summed E-state index contributed by atoms with van der Waals surface area (Å²) in [5.74, 6) is 0.846. The van der Waals surface area contributed by atoms with E-state index in [9.17, 15) is 13.2 Å². The zero-order valence-electron chi connectivity index (χ0n) is 12.5. The fourth-order valence-corrected chi connectivity index (χ4v) is 3.00. The van der Waals surface area contributed by atoms with Crippen molar-refractivity contribution in [2.45, 2.75) is 32.0 Å². The molecular formula is C15H16BrF3N4. The van der Waals surface area contributed by atoms with Gasteiger partial charge in [-0.05, 0) is 53.9 Å². The van der Waals surface area contributed by atoms with Gasteiger partial charge < -0.3 is 4.90 Å². The van der Waals surface area contributed by atoms with E-state index in [-0.39, 0.29) is 6.04 Å². The van der Waals surface area contributed by atoms with Gasteiger partial charge in [0, 0.05) is 23.8 Å². The molecule has 0 radical (unpaired) electrons. The van der Waals surface area contributed by atoms with Crippen molar-refractivity contribution in [3.8, 4) is 0 Å². The first-order valence-corrected chi connectivity index (χ1v) is 8.14. The minimum absolute atomic E-state index is 0.0781. The lowest BCUT2D eigenvalue weighted by molar-refractivity contribution is -0.141. The molecule has 1 fully saturated rings. The lowest BCUT2D eigenvalue weighted by atomic mass is 10.1. The Labute approximate surface area is 140 Å². The third-order valence-electron chi connectivity index (χ3n) is 4.00. The van der Waals surface area contributed by atoms with Gasteiger partial charge in [0.15, 0.2) is 5.69 Å². The van der Waals surface area contributed by atoms with Gasteiger partial charge in [0.25, 0.3) is 0 Å². The second-order valence-corrected chi connectivity index (χ2v) is 6.51. The summed E-state index contributed by atoms with van der Waals surface area (Å²) >= 11 is 3.42. The van der Waals surface area contributed by atoms with Gasteiger partial charge in [-0.2, -0.15) is 18.3 Å². The maximum absolute atomic E-state index is 12.7. The number of aromatic nitrogens is 3. The van der Waals surface area contributed by atoms with Crippen LogP contribution in [-0.4, -0.2) is 27.9 Å². The highest BCUT2D eigenvalue weighted by molar-refractivity contribution is 9.10. The first-order valence-electron chi connectivity index (χ1n) is 7.35. The Bertz CT molecular complexity index is 698. The highest BCUT2D eigenvalue weighted by Crippen LogP contribution is 2.30. The van der Waals surface area contributed by atoms with Gasteiger partial charge >= 0.3 is 6.18 Å². The molecule has 1 unspecified atom stereocenters. The second kappa shape index (κ2) is 6.14. The number of aryl methyl sites for hydroxylation is 1. The van der Waals surface area contributed by atoms with Crippen molar-refractivity contribution in [3.05, 3.63) is 40.3 Å². The van der Waals surface area contributed by atoms with Gasteiger partial charge in [-0.1, -0.05) is 0 Å². The highest BCUT2D eigenvalue weighted by Gasteiger charge is 2.34. The van der Waals surface area contributed by atoms with Gasteiger partial charge in [-0.15, -0.1) is 0 Å². The molecule has 2 aromatic rings. The number of alkyl halides is 3. The van der Waals surface area contributed by atoms with E-state index in [1.54, 1.807) is 0 Å². The molecule has 0 aromatic carbocycles. The van der Waals surface area contributed by atoms with E-state index in [4.69, 9.17) is 0 Å². The van der Waals surface area contributed by atoms with Crippen LogP contribution in [0, 0.1) is 6.92 Å². The van der Waals surface area contributed by atoms with Crippen LogP contribution in [0.15, 0.2) is 28.9 Å². The lowest BCUT2D eigenvalue weighted by Gasteiger charge is -2.33. The minimum Gasteiger partial charge on any atom is -0.354 e. The molecule has 1 aliphatic heterocycles. The fraction of sp³-hybridized carbons (Fsp3) is 0.467. The number of halogens is 4. The Morgan fingerprint density at radius 2 is 2.04 bits per heavy atom. The topological polar surface area (TPSA) is 34.0 Å². The van der Waals surface area contributed by atoms with Crippen molar-refractivity contribution < 1.29 is 13.2 Å². The predicted molar refractivity (Wildman–Crippen MR) is 84.4 cm³/mol. The van der Waals surface area contributed by atoms with Crippen molar-refractivity contribution in [1.82, 2.24) is 14.8 Å². The number of hydrogen-bond donors (Lipinski definition) is 0. The molecule has 3 rings (SSSR count). The van der Waals surface area contributed by atoms with Crippen LogP contribution in [0.3, 0.4) is 0 Å². The maximum Gasteiger partial charge on any atom is 0.435 e. The van der Waals surface area contributed by atoms with E-state index in [0.29, 0.717) is 6.54 Å². The fourth-order valence-electron chi connectivity index (χ4n) is 2.78. The summed E-state index contributed by atoms with van der Waals surface area (Å²) in [5.41, 5.74) is 0.0512. The van der Waals surface area contributed by atoms with Crippen molar-refractivity contribution in [2.75, 3.05) is 18.0 Å². The quantitative estimate of drug-likeness (QED) is 0.772. The molecule has 1 saturated heterocycles. The third-order valence-corrected chi connectivity index (χ3v) is 4.84. The van der Waals surface area contributed by atoms with E-state index >= 15 is 0 Å². The van der Waals surface area contributed by atoms with E-state index < -0.39 is 11.9 Å². The van der Waals surface area contributed by atoms with Crippen LogP contribution in [0.1, 0.15) is 30.3 Å². The maximum atomic E-state index is 12.7. The van der Waals surface area contributed by atoms with Crippen molar-refractivity contribution in [3.63, 3.8) is 0 Å². The zero-order chi connectivity index (χ0) is 16.6. The number of rotatable bonds is 2. The Morgan fingerprint density at radius 3 is 2.70 bits per heavy atom. The molecule has 0 saturated carbocycles. The molecule has 2 aromatic heterocycles. The van der Waals surface area contributed by atoms with Gasteiger partial charge in [-0.3, -0.25) is 4.68 Å². The molecule has 8 heteroatoms. The zero-order valence-corrected chi connectivity index (χ0v) is 14.1. The summed E-state index contributed by atoms with van der Waals surface area (Å²) < 4.78 is 40.4. The first-order chi connectivity index (χ1) is 10.8. The Balaban J connectivity index is 1.78. The van der Waals surface area contributed by atoms with Crippen LogP contribution in [0.25, 0.3) is 0 Å². The standard InChI is InChI=1S/C15H16BrF3N4/c1-10-12(16)4-5-14(20-10)22-7-2-3-11(9-22)23-8-6-13(21-23)15(17,18)19/h4-6,8,11H,2-3,7,9H2,1H3. The summed E-state index contributed by atoms with van der Waals surface area (Å²) in [7, 11) is 0. The van der Waals surface area contributed by atoms with E-state index in [1.807, 2.05) is 19.1 Å². The van der Waals surface area contributed by atoms with E-state index in [0.717, 1.165) is 41.4 Å². The van der Waals surface area contributed by atoms with Crippen LogP contribution in [0.5, 0.6) is 0 Å². The summed E-state index contributed by atoms with van der Waals surface area (Å²) in [6.45, 7) is 3.36. The number of piperidine rings is 1. The first kappa shape index (κ1) is 16.3. The molecule has 3 heterocycles. The van der Waals surface area contributed by atoms with Crippen molar-refractivity contribution >= 4 is 21.7 Å². The van der Waals surface area contributed by atoms with Crippen LogP contribution < -0.4 is 4.90 Å². The van der Waals surface area contributed by atoms with Crippen LogP contribution in [-0.2, 0) is 6.18 Å². The average molecular weight is 389 g/mol. The second-order valence-electron chi connectivity index (χ2n) is 5.66. The largest absolute Gasteiger partial charge is 0.435 e. The third kappa shape index (κ3) is 3.52. The Morgan fingerprint density at radius 1 is 1.26 bits per heavy atom. The summed E-state index contributed by atoms with van der Waals surface area (Å²) in [5, 5.41) is 3.70. The van der Waals surface area contributed by atoms with Crippen LogP contribution >= 0.6 is 15.9 Å². The molecule has 4 nitrogen and oxygen atoms in total. The number of anilines is 1. The monoisotopic (exact) mass is 388 g/mol. The van der Waals surface area contributed by atoms with Crippen molar-refractivity contribution in [1.29, 1.82) is 0 Å². The molecule has 0 bridgehead atoms. The Kier molecular flexibility index (Phi) is 4.35. The van der Waals surface area contributed by atoms with E-state index in [2.05, 4.69) is 30.9 Å². The van der Waals surface area contributed by atoms with Crippen LogP contribution in [0.2, 0.25) is 0 Å². The Hall–Kier alpha value is -1.57. The summed E-state index contributed by atoms with van der Waals surface area (Å²) in [4.78, 5) is 6.64. The van der Waals surface area contributed by atoms with Crippen LogP contribution in [0.4, 0.5) is 19.0 Å². The molecule has 0 aliphatic carbocycles.